The summed E-state index contributed by atoms with van der Waals surface area (Å²) in [6, 6.07) is 4.75. The van der Waals surface area contributed by atoms with Crippen molar-refractivity contribution < 1.29 is 31.9 Å². The first kappa shape index (κ1) is 21.9. The first-order valence-corrected chi connectivity index (χ1v) is 10.0. The van der Waals surface area contributed by atoms with Crippen LogP contribution in [0.4, 0.5) is 33.7 Å². The van der Waals surface area contributed by atoms with Crippen LogP contribution in [0.2, 0.25) is 0 Å². The zero-order valence-electron chi connectivity index (χ0n) is 17.2. The maximum absolute atomic E-state index is 14.3. The van der Waals surface area contributed by atoms with Crippen LogP contribution in [0.3, 0.4) is 0 Å². The SMILES string of the molecule is CN1C(=O)CCc2ccc(NC(=O)N[C@@H]3CC(CF)(CF)Oc4c(F)cc(F)cc43)cc21. The lowest BCUT2D eigenvalue weighted by molar-refractivity contribution is -0.118. The Morgan fingerprint density at radius 1 is 1.19 bits per heavy atom. The summed E-state index contributed by atoms with van der Waals surface area (Å²) < 4.78 is 60.5. The number of amides is 3. The van der Waals surface area contributed by atoms with Gasteiger partial charge in [-0.3, -0.25) is 4.79 Å². The summed E-state index contributed by atoms with van der Waals surface area (Å²) in [5.74, 6) is -2.56. The molecule has 0 radical (unpaired) electrons. The van der Waals surface area contributed by atoms with E-state index < -0.39 is 48.4 Å². The number of rotatable bonds is 4. The maximum Gasteiger partial charge on any atom is 0.319 e. The molecule has 2 aliphatic rings. The average Bonchev–Trinajstić information content (AvgIpc) is 2.77. The molecule has 10 heteroatoms. The molecule has 0 bridgehead atoms. The molecule has 1 atom stereocenters. The Morgan fingerprint density at radius 3 is 2.66 bits per heavy atom. The second-order valence-electron chi connectivity index (χ2n) is 8.01. The number of halogens is 4. The summed E-state index contributed by atoms with van der Waals surface area (Å²) in [6.07, 6.45) is 0.637. The Kier molecular flexibility index (Phi) is 5.70. The van der Waals surface area contributed by atoms with Crippen LogP contribution in [0, 0.1) is 11.6 Å². The molecule has 3 amide bonds. The number of hydrogen-bond donors (Lipinski definition) is 2. The van der Waals surface area contributed by atoms with Gasteiger partial charge in [0, 0.05) is 42.9 Å². The van der Waals surface area contributed by atoms with E-state index in [1.54, 1.807) is 25.2 Å². The number of carbonyl (C=O) groups excluding carboxylic acids is 2. The third-order valence-electron chi connectivity index (χ3n) is 5.79. The minimum atomic E-state index is -1.99. The van der Waals surface area contributed by atoms with Crippen molar-refractivity contribution in [2.75, 3.05) is 30.6 Å². The number of alkyl halides is 2. The molecule has 0 saturated carbocycles. The highest BCUT2D eigenvalue weighted by Gasteiger charge is 2.44. The van der Waals surface area contributed by atoms with Gasteiger partial charge in [0.25, 0.3) is 0 Å². The van der Waals surface area contributed by atoms with Gasteiger partial charge >= 0.3 is 6.03 Å². The fourth-order valence-corrected chi connectivity index (χ4v) is 4.05. The van der Waals surface area contributed by atoms with Gasteiger partial charge in [0.1, 0.15) is 19.2 Å². The topological polar surface area (TPSA) is 70.7 Å². The highest BCUT2D eigenvalue weighted by molar-refractivity contribution is 5.97. The standard InChI is InChI=1S/C22H21F4N3O3/c1-29-18-8-14(4-2-12(18)3-5-19(29)30)27-21(31)28-17-9-22(10-23,11-24)32-20-15(17)6-13(25)7-16(20)26/h2,4,6-8,17H,3,5,9-11H2,1H3,(H2,27,28,31)/t17-/m1/s1. The predicted molar refractivity (Wildman–Crippen MR) is 109 cm³/mol. The Labute approximate surface area is 181 Å². The average molecular weight is 451 g/mol. The molecule has 0 spiro atoms. The molecule has 2 aliphatic heterocycles. The van der Waals surface area contributed by atoms with Gasteiger partial charge in [-0.15, -0.1) is 0 Å². The summed E-state index contributed by atoms with van der Waals surface area (Å²) in [5, 5.41) is 5.12. The summed E-state index contributed by atoms with van der Waals surface area (Å²) >= 11 is 0. The molecule has 0 aliphatic carbocycles. The normalized spacial score (nSPS) is 19.0. The molecule has 170 valence electrons. The molecule has 0 aromatic heterocycles. The van der Waals surface area contributed by atoms with Crippen molar-refractivity contribution in [3.05, 3.63) is 53.1 Å². The molecule has 6 nitrogen and oxygen atoms in total. The van der Waals surface area contributed by atoms with Crippen LogP contribution in [0.15, 0.2) is 30.3 Å². The largest absolute Gasteiger partial charge is 0.478 e. The molecule has 2 aromatic carbocycles. The highest BCUT2D eigenvalue weighted by Crippen LogP contribution is 2.42. The smallest absolute Gasteiger partial charge is 0.319 e. The van der Waals surface area contributed by atoms with Gasteiger partial charge in [0.15, 0.2) is 17.2 Å². The van der Waals surface area contributed by atoms with Crippen molar-refractivity contribution in [3.63, 3.8) is 0 Å². The number of ether oxygens (including phenoxy) is 1. The van der Waals surface area contributed by atoms with Crippen molar-refractivity contribution in [2.45, 2.75) is 30.9 Å². The maximum atomic E-state index is 14.3. The van der Waals surface area contributed by atoms with Gasteiger partial charge in [-0.2, -0.15) is 0 Å². The van der Waals surface area contributed by atoms with Crippen molar-refractivity contribution >= 4 is 23.3 Å². The third kappa shape index (κ3) is 3.96. The van der Waals surface area contributed by atoms with E-state index in [1.807, 2.05) is 0 Å². The number of hydrogen-bond acceptors (Lipinski definition) is 3. The fraction of sp³-hybridized carbons (Fsp3) is 0.364. The van der Waals surface area contributed by atoms with E-state index in [0.717, 1.165) is 11.6 Å². The second-order valence-corrected chi connectivity index (χ2v) is 8.01. The lowest BCUT2D eigenvalue weighted by Crippen LogP contribution is -2.49. The molecule has 32 heavy (non-hydrogen) atoms. The summed E-state index contributed by atoms with van der Waals surface area (Å²) in [5.41, 5.74) is -0.0429. The number of benzene rings is 2. The number of fused-ring (bicyclic) bond motifs is 2. The molecule has 4 rings (SSSR count). The zero-order valence-corrected chi connectivity index (χ0v) is 17.2. The van der Waals surface area contributed by atoms with Gasteiger partial charge in [0.2, 0.25) is 5.91 Å². The molecule has 2 heterocycles. The summed E-state index contributed by atoms with van der Waals surface area (Å²) in [7, 11) is 1.64. The number of nitrogens with one attached hydrogen (secondary N) is 2. The van der Waals surface area contributed by atoms with E-state index in [2.05, 4.69) is 10.6 Å². The highest BCUT2D eigenvalue weighted by atomic mass is 19.1. The van der Waals surface area contributed by atoms with Gasteiger partial charge in [-0.1, -0.05) is 6.07 Å². The number of aryl methyl sites for hydroxylation is 1. The number of carbonyl (C=O) groups is 2. The molecule has 0 fully saturated rings. The van der Waals surface area contributed by atoms with Crippen molar-refractivity contribution in [1.29, 1.82) is 0 Å². The lowest BCUT2D eigenvalue weighted by atomic mass is 9.88. The van der Waals surface area contributed by atoms with Crippen LogP contribution in [-0.2, 0) is 11.2 Å². The number of anilines is 2. The second kappa shape index (κ2) is 8.33. The van der Waals surface area contributed by atoms with Crippen molar-refractivity contribution in [2.24, 2.45) is 0 Å². The molecular weight excluding hydrogens is 430 g/mol. The van der Waals surface area contributed by atoms with Gasteiger partial charge in [-0.25, -0.2) is 22.4 Å². The van der Waals surface area contributed by atoms with Crippen molar-refractivity contribution in [3.8, 4) is 5.75 Å². The van der Waals surface area contributed by atoms with Crippen LogP contribution in [0.25, 0.3) is 0 Å². The fourth-order valence-electron chi connectivity index (χ4n) is 4.05. The molecule has 2 aromatic rings. The van der Waals surface area contributed by atoms with Crippen molar-refractivity contribution in [1.82, 2.24) is 5.32 Å². The van der Waals surface area contributed by atoms with E-state index in [0.29, 0.717) is 30.3 Å². The minimum absolute atomic E-state index is 0.0456. The summed E-state index contributed by atoms with van der Waals surface area (Å²) in [4.78, 5) is 26.1. The van der Waals surface area contributed by atoms with Crippen LogP contribution < -0.4 is 20.3 Å². The molecule has 0 unspecified atom stereocenters. The molecule has 0 saturated heterocycles. The van der Waals surface area contributed by atoms with Crippen LogP contribution in [0.5, 0.6) is 5.75 Å². The van der Waals surface area contributed by atoms with E-state index in [4.69, 9.17) is 4.74 Å². The Bertz CT molecular complexity index is 1070. The monoisotopic (exact) mass is 451 g/mol. The zero-order chi connectivity index (χ0) is 23.0. The van der Waals surface area contributed by atoms with Crippen LogP contribution >= 0.6 is 0 Å². The molecule has 2 N–H and O–H groups in total. The van der Waals surface area contributed by atoms with Crippen LogP contribution in [-0.4, -0.2) is 37.9 Å². The molecular formula is C22H21F4N3O3. The quantitative estimate of drug-likeness (QED) is 0.685. The first-order valence-electron chi connectivity index (χ1n) is 10.0. The van der Waals surface area contributed by atoms with E-state index in [-0.39, 0.29) is 17.9 Å². The van der Waals surface area contributed by atoms with Gasteiger partial charge in [0.05, 0.1) is 6.04 Å². The first-order chi connectivity index (χ1) is 15.2. The predicted octanol–water partition coefficient (Wildman–Crippen LogP) is 4.20. The third-order valence-corrected chi connectivity index (χ3v) is 5.79. The van der Waals surface area contributed by atoms with Gasteiger partial charge < -0.3 is 20.3 Å². The van der Waals surface area contributed by atoms with E-state index >= 15 is 0 Å². The lowest BCUT2D eigenvalue weighted by Gasteiger charge is -2.39. The van der Waals surface area contributed by atoms with E-state index in [1.165, 1.54) is 4.90 Å². The van der Waals surface area contributed by atoms with Gasteiger partial charge in [-0.05, 0) is 30.2 Å². The van der Waals surface area contributed by atoms with E-state index in [9.17, 15) is 27.2 Å². The minimum Gasteiger partial charge on any atom is -0.478 e. The number of nitrogens with zero attached hydrogens (tertiary/aromatic N) is 1. The Balaban J connectivity index is 1.57. The Hall–Kier alpha value is -3.30. The Morgan fingerprint density at radius 2 is 1.94 bits per heavy atom. The summed E-state index contributed by atoms with van der Waals surface area (Å²) in [6.45, 7) is -2.52. The van der Waals surface area contributed by atoms with Crippen LogP contribution in [0.1, 0.15) is 30.0 Å². The number of urea groups is 1.